The van der Waals surface area contributed by atoms with Crippen molar-refractivity contribution < 1.29 is 0 Å². The third kappa shape index (κ3) is 5.30. The third-order valence-electron chi connectivity index (χ3n) is 4.08. The fourth-order valence-electron chi connectivity index (χ4n) is 2.74. The van der Waals surface area contributed by atoms with Gasteiger partial charge in [0, 0.05) is 42.9 Å². The molecule has 2 N–H and O–H groups in total. The zero-order chi connectivity index (χ0) is 15.2. The first-order valence-electron chi connectivity index (χ1n) is 7.69. The van der Waals surface area contributed by atoms with Crippen LogP contribution in [0.5, 0.6) is 0 Å². The van der Waals surface area contributed by atoms with Crippen LogP contribution in [0.2, 0.25) is 0 Å². The summed E-state index contributed by atoms with van der Waals surface area (Å²) in [6, 6.07) is 8.53. The Balaban J connectivity index is 0.00000242. The maximum absolute atomic E-state index is 6.04. The molecule has 2 rings (SSSR count). The number of benzene rings is 1. The summed E-state index contributed by atoms with van der Waals surface area (Å²) in [6.07, 6.45) is 1.19. The lowest BCUT2D eigenvalue weighted by atomic mass is 10.1. The molecule has 124 valence electrons. The summed E-state index contributed by atoms with van der Waals surface area (Å²) in [5, 5.41) is 0. The lowest BCUT2D eigenvalue weighted by Gasteiger charge is -2.20. The average Bonchev–Trinajstić information content (AvgIpc) is 2.96. The van der Waals surface area contributed by atoms with Gasteiger partial charge < -0.3 is 15.5 Å². The lowest BCUT2D eigenvalue weighted by molar-refractivity contribution is 0.455. The van der Waals surface area contributed by atoms with Crippen molar-refractivity contribution in [3.8, 4) is 0 Å². The van der Waals surface area contributed by atoms with Crippen molar-refractivity contribution in [1.82, 2.24) is 4.90 Å². The van der Waals surface area contributed by atoms with Crippen LogP contribution >= 0.6 is 39.9 Å². The Morgan fingerprint density at radius 2 is 1.95 bits per heavy atom. The number of nitrogens with two attached hydrogens (primary N) is 1. The van der Waals surface area contributed by atoms with E-state index < -0.39 is 0 Å². The van der Waals surface area contributed by atoms with Gasteiger partial charge in [-0.25, -0.2) is 0 Å². The highest BCUT2D eigenvalue weighted by atomic mass is 127. The third-order valence-corrected chi connectivity index (χ3v) is 4.61. The Morgan fingerprint density at radius 1 is 1.32 bits per heavy atom. The fraction of sp³-hybridized carbons (Fsp3) is 0.562. The first-order valence-corrected chi connectivity index (χ1v) is 8.48. The van der Waals surface area contributed by atoms with E-state index in [1.807, 2.05) is 0 Å². The normalized spacial score (nSPS) is 18.2. The molecule has 0 bridgehead atoms. The fourth-order valence-corrected chi connectivity index (χ4v) is 3.00. The molecule has 1 aliphatic rings. The minimum atomic E-state index is 0. The van der Waals surface area contributed by atoms with Gasteiger partial charge in [0.2, 0.25) is 0 Å². The van der Waals surface area contributed by atoms with Crippen LogP contribution in [0.3, 0.4) is 0 Å². The Kier molecular flexibility index (Phi) is 8.53. The van der Waals surface area contributed by atoms with E-state index in [0.29, 0.717) is 11.9 Å². The SMILES string of the molecule is CCN(CC)C(N)=NCC1CCN(c2ccc(Br)cc2)C1.I. The van der Waals surface area contributed by atoms with Crippen molar-refractivity contribution >= 4 is 51.6 Å². The number of hydrogen-bond donors (Lipinski definition) is 1. The second-order valence-electron chi connectivity index (χ2n) is 5.45. The molecule has 1 aromatic carbocycles. The van der Waals surface area contributed by atoms with E-state index in [4.69, 9.17) is 5.73 Å². The van der Waals surface area contributed by atoms with Crippen LogP contribution in [0.4, 0.5) is 5.69 Å². The molecule has 1 aromatic rings. The van der Waals surface area contributed by atoms with E-state index >= 15 is 0 Å². The van der Waals surface area contributed by atoms with Crippen LogP contribution in [0.15, 0.2) is 33.7 Å². The minimum absolute atomic E-state index is 0. The largest absolute Gasteiger partial charge is 0.371 e. The zero-order valence-corrected chi connectivity index (χ0v) is 17.3. The molecule has 0 spiro atoms. The predicted octanol–water partition coefficient (Wildman–Crippen LogP) is 3.55. The maximum Gasteiger partial charge on any atom is 0.191 e. The summed E-state index contributed by atoms with van der Waals surface area (Å²) < 4.78 is 1.12. The van der Waals surface area contributed by atoms with Crippen LogP contribution in [-0.4, -0.2) is 43.6 Å². The number of rotatable bonds is 5. The van der Waals surface area contributed by atoms with Crippen LogP contribution < -0.4 is 10.6 Å². The quantitative estimate of drug-likeness (QED) is 0.398. The average molecular weight is 481 g/mol. The van der Waals surface area contributed by atoms with Gasteiger partial charge in [-0.15, -0.1) is 24.0 Å². The Bertz CT molecular complexity index is 474. The topological polar surface area (TPSA) is 44.9 Å². The highest BCUT2D eigenvalue weighted by Crippen LogP contribution is 2.25. The van der Waals surface area contributed by atoms with Gasteiger partial charge in [0.15, 0.2) is 5.96 Å². The monoisotopic (exact) mass is 480 g/mol. The molecule has 1 aliphatic heterocycles. The van der Waals surface area contributed by atoms with Gasteiger partial charge in [0.05, 0.1) is 0 Å². The van der Waals surface area contributed by atoms with E-state index in [2.05, 4.69) is 68.8 Å². The number of guanidine groups is 1. The van der Waals surface area contributed by atoms with Crippen LogP contribution in [0.1, 0.15) is 20.3 Å². The zero-order valence-electron chi connectivity index (χ0n) is 13.3. The van der Waals surface area contributed by atoms with Gasteiger partial charge in [0.25, 0.3) is 0 Å². The molecule has 0 amide bonds. The van der Waals surface area contributed by atoms with Gasteiger partial charge in [0.1, 0.15) is 0 Å². The molecule has 1 unspecified atom stereocenters. The Hall–Kier alpha value is -0.500. The lowest BCUT2D eigenvalue weighted by Crippen LogP contribution is -2.37. The summed E-state index contributed by atoms with van der Waals surface area (Å²) in [5.41, 5.74) is 7.33. The molecule has 4 nitrogen and oxygen atoms in total. The van der Waals surface area contributed by atoms with E-state index in [-0.39, 0.29) is 24.0 Å². The smallest absolute Gasteiger partial charge is 0.191 e. The number of anilines is 1. The van der Waals surface area contributed by atoms with Gasteiger partial charge in [-0.3, -0.25) is 4.99 Å². The van der Waals surface area contributed by atoms with Crippen molar-refractivity contribution in [3.63, 3.8) is 0 Å². The first kappa shape index (κ1) is 19.5. The van der Waals surface area contributed by atoms with Crippen molar-refractivity contribution in [2.24, 2.45) is 16.6 Å². The number of halogens is 2. The highest BCUT2D eigenvalue weighted by Gasteiger charge is 2.22. The molecule has 1 heterocycles. The number of aliphatic imine (C=N–C) groups is 1. The molecule has 0 aromatic heterocycles. The minimum Gasteiger partial charge on any atom is -0.371 e. The summed E-state index contributed by atoms with van der Waals surface area (Å²) in [5.74, 6) is 1.28. The molecule has 1 fully saturated rings. The van der Waals surface area contributed by atoms with Crippen molar-refractivity contribution in [3.05, 3.63) is 28.7 Å². The summed E-state index contributed by atoms with van der Waals surface area (Å²) >= 11 is 3.48. The number of hydrogen-bond acceptors (Lipinski definition) is 2. The van der Waals surface area contributed by atoms with E-state index in [1.54, 1.807) is 0 Å². The van der Waals surface area contributed by atoms with Crippen molar-refractivity contribution in [2.45, 2.75) is 20.3 Å². The molecular formula is C16H26BrIN4. The molecule has 1 atom stereocenters. The molecule has 0 radical (unpaired) electrons. The first-order chi connectivity index (χ1) is 10.1. The van der Waals surface area contributed by atoms with Crippen molar-refractivity contribution in [1.29, 1.82) is 0 Å². The molecular weight excluding hydrogens is 455 g/mol. The predicted molar refractivity (Wildman–Crippen MR) is 109 cm³/mol. The maximum atomic E-state index is 6.04. The Morgan fingerprint density at radius 3 is 2.55 bits per heavy atom. The molecule has 0 saturated carbocycles. The van der Waals surface area contributed by atoms with E-state index in [9.17, 15) is 0 Å². The van der Waals surface area contributed by atoms with Gasteiger partial charge in [-0.2, -0.15) is 0 Å². The molecule has 6 heteroatoms. The van der Waals surface area contributed by atoms with E-state index in [1.165, 1.54) is 12.1 Å². The summed E-state index contributed by atoms with van der Waals surface area (Å²) in [6.45, 7) is 9.05. The molecule has 0 aliphatic carbocycles. The number of nitrogens with zero attached hydrogens (tertiary/aromatic N) is 3. The summed E-state index contributed by atoms with van der Waals surface area (Å²) in [7, 11) is 0. The van der Waals surface area contributed by atoms with Gasteiger partial charge in [-0.1, -0.05) is 15.9 Å². The molecule has 1 saturated heterocycles. The van der Waals surface area contributed by atoms with Crippen molar-refractivity contribution in [2.75, 3.05) is 37.6 Å². The van der Waals surface area contributed by atoms with Gasteiger partial charge >= 0.3 is 0 Å². The summed E-state index contributed by atoms with van der Waals surface area (Å²) in [4.78, 5) is 9.11. The highest BCUT2D eigenvalue weighted by molar-refractivity contribution is 14.0. The van der Waals surface area contributed by atoms with Crippen LogP contribution in [0.25, 0.3) is 0 Å². The second-order valence-corrected chi connectivity index (χ2v) is 6.36. The van der Waals surface area contributed by atoms with Crippen LogP contribution in [0, 0.1) is 5.92 Å². The van der Waals surface area contributed by atoms with E-state index in [0.717, 1.165) is 37.2 Å². The second kappa shape index (κ2) is 9.60. The molecule has 22 heavy (non-hydrogen) atoms. The standard InChI is InChI=1S/C16H25BrN4.HI/c1-3-20(4-2)16(18)19-11-13-9-10-21(12-13)15-7-5-14(17)6-8-15;/h5-8,13H,3-4,9-12H2,1-2H3,(H2,18,19);1H. The van der Waals surface area contributed by atoms with Crippen LogP contribution in [-0.2, 0) is 0 Å². The van der Waals surface area contributed by atoms with Gasteiger partial charge in [-0.05, 0) is 50.5 Å². The Labute approximate surface area is 159 Å².